The maximum atomic E-state index is 11.3. The van der Waals surface area contributed by atoms with Crippen LogP contribution in [0.5, 0.6) is 0 Å². The summed E-state index contributed by atoms with van der Waals surface area (Å²) >= 11 is 0. The molecule has 7 nitrogen and oxygen atoms in total. The first-order chi connectivity index (χ1) is 11.7. The normalized spacial score (nSPS) is 13.7. The van der Waals surface area contributed by atoms with Gasteiger partial charge < -0.3 is 10.2 Å². The highest BCUT2D eigenvalue weighted by atomic mass is 16.1. The number of carbonyl (C=O) groups excluding carboxylic acids is 1. The molecule has 0 saturated carbocycles. The van der Waals surface area contributed by atoms with Gasteiger partial charge in [-0.25, -0.2) is 4.68 Å². The average molecular weight is 328 g/mol. The van der Waals surface area contributed by atoms with Crippen molar-refractivity contribution in [2.45, 2.75) is 45.7 Å². The third kappa shape index (κ3) is 3.55. The number of hydrogen-bond acceptors (Lipinski definition) is 5. The quantitative estimate of drug-likeness (QED) is 0.865. The van der Waals surface area contributed by atoms with E-state index in [1.54, 1.807) is 11.7 Å². The fraction of sp³-hybridized carbons (Fsp3) is 0.529. The van der Waals surface area contributed by atoms with Crippen molar-refractivity contribution >= 4 is 11.9 Å². The van der Waals surface area contributed by atoms with Gasteiger partial charge in [0, 0.05) is 33.1 Å². The summed E-state index contributed by atoms with van der Waals surface area (Å²) in [7, 11) is 1.65. The molecule has 2 heterocycles. The molecule has 0 aliphatic carbocycles. The number of tetrazole rings is 1. The summed E-state index contributed by atoms with van der Waals surface area (Å²) in [5.74, 6) is 0.834. The van der Waals surface area contributed by atoms with Crippen LogP contribution in [0.3, 0.4) is 0 Å². The Bertz CT molecular complexity index is 711. The van der Waals surface area contributed by atoms with Gasteiger partial charge in [0.1, 0.15) is 0 Å². The average Bonchev–Trinajstić information content (AvgIpc) is 3.09. The predicted molar refractivity (Wildman–Crippen MR) is 91.7 cm³/mol. The Morgan fingerprint density at radius 3 is 3.00 bits per heavy atom. The van der Waals surface area contributed by atoms with E-state index in [4.69, 9.17) is 0 Å². The molecule has 0 unspecified atom stereocenters. The largest absolute Gasteiger partial charge is 0.359 e. The third-order valence-electron chi connectivity index (χ3n) is 4.54. The Balaban J connectivity index is 1.67. The van der Waals surface area contributed by atoms with Crippen molar-refractivity contribution in [3.8, 4) is 0 Å². The zero-order chi connectivity index (χ0) is 16.9. The predicted octanol–water partition coefficient (Wildman–Crippen LogP) is 1.32. The number of fused-ring (bicyclic) bond motifs is 1. The van der Waals surface area contributed by atoms with Gasteiger partial charge in [0.15, 0.2) is 0 Å². The van der Waals surface area contributed by atoms with Crippen molar-refractivity contribution in [1.29, 1.82) is 0 Å². The van der Waals surface area contributed by atoms with Gasteiger partial charge in [0.2, 0.25) is 11.9 Å². The number of anilines is 1. The van der Waals surface area contributed by atoms with E-state index in [9.17, 15) is 4.79 Å². The first kappa shape index (κ1) is 16.4. The summed E-state index contributed by atoms with van der Waals surface area (Å²) < 4.78 is 1.80. The number of aromatic nitrogens is 4. The van der Waals surface area contributed by atoms with Crippen LogP contribution in [-0.2, 0) is 30.7 Å². The fourth-order valence-corrected chi connectivity index (χ4v) is 3.08. The molecule has 0 fully saturated rings. The topological polar surface area (TPSA) is 75.9 Å². The van der Waals surface area contributed by atoms with Gasteiger partial charge in [0.05, 0.1) is 0 Å². The first-order valence-corrected chi connectivity index (χ1v) is 8.53. The molecule has 3 rings (SSSR count). The molecule has 0 spiro atoms. The molecule has 1 amide bonds. The van der Waals surface area contributed by atoms with Gasteiger partial charge in [-0.2, -0.15) is 0 Å². The molecular weight excluding hydrogens is 304 g/mol. The van der Waals surface area contributed by atoms with Gasteiger partial charge in [-0.05, 0) is 46.4 Å². The number of benzene rings is 1. The lowest BCUT2D eigenvalue weighted by Crippen LogP contribution is -2.33. The molecule has 1 aromatic carbocycles. The van der Waals surface area contributed by atoms with Crippen molar-refractivity contribution in [3.05, 3.63) is 34.9 Å². The lowest BCUT2D eigenvalue weighted by Gasteiger charge is -2.29. The SMILES string of the molecule is CCc1ccc2c(c1)CCN(c1nnnn1CCCC(=O)NC)C2. The standard InChI is InChI=1S/C17H24N6O/c1-3-13-6-7-15-12-22(10-8-14(15)11-13)17-19-20-21-23(17)9-4-5-16(24)18-2/h6-7,11H,3-5,8-10,12H2,1-2H3,(H,18,24). The molecule has 128 valence electrons. The minimum Gasteiger partial charge on any atom is -0.359 e. The Morgan fingerprint density at radius 1 is 1.33 bits per heavy atom. The minimum atomic E-state index is 0.0447. The van der Waals surface area contributed by atoms with E-state index >= 15 is 0 Å². The molecule has 24 heavy (non-hydrogen) atoms. The number of hydrogen-bond donors (Lipinski definition) is 1. The summed E-state index contributed by atoms with van der Waals surface area (Å²) in [5, 5.41) is 14.7. The molecule has 7 heteroatoms. The van der Waals surface area contributed by atoms with Crippen molar-refractivity contribution in [1.82, 2.24) is 25.5 Å². The van der Waals surface area contributed by atoms with Crippen molar-refractivity contribution in [2.24, 2.45) is 0 Å². The number of nitrogens with one attached hydrogen (secondary N) is 1. The molecule has 2 aromatic rings. The van der Waals surface area contributed by atoms with Gasteiger partial charge in [-0.15, -0.1) is 0 Å². The van der Waals surface area contributed by atoms with Crippen LogP contribution in [0.15, 0.2) is 18.2 Å². The molecule has 0 bridgehead atoms. The smallest absolute Gasteiger partial charge is 0.245 e. The summed E-state index contributed by atoms with van der Waals surface area (Å²) in [6.45, 7) is 4.57. The van der Waals surface area contributed by atoms with Crippen LogP contribution >= 0.6 is 0 Å². The van der Waals surface area contributed by atoms with E-state index < -0.39 is 0 Å². The Morgan fingerprint density at radius 2 is 2.21 bits per heavy atom. The second kappa shape index (κ2) is 7.42. The maximum Gasteiger partial charge on any atom is 0.245 e. The van der Waals surface area contributed by atoms with Crippen LogP contribution in [0.25, 0.3) is 0 Å². The van der Waals surface area contributed by atoms with Crippen LogP contribution < -0.4 is 10.2 Å². The molecule has 1 aromatic heterocycles. The summed E-state index contributed by atoms with van der Waals surface area (Å²) in [6, 6.07) is 6.74. The van der Waals surface area contributed by atoms with Gasteiger partial charge in [-0.1, -0.05) is 30.2 Å². The summed E-state index contributed by atoms with van der Waals surface area (Å²) in [6.07, 6.45) is 3.29. The fourth-order valence-electron chi connectivity index (χ4n) is 3.08. The zero-order valence-electron chi connectivity index (χ0n) is 14.3. The Kier molecular flexibility index (Phi) is 5.08. The lowest BCUT2D eigenvalue weighted by molar-refractivity contribution is -0.120. The third-order valence-corrected chi connectivity index (χ3v) is 4.54. The number of amides is 1. The number of nitrogens with zero attached hydrogens (tertiary/aromatic N) is 5. The van der Waals surface area contributed by atoms with Crippen molar-refractivity contribution < 1.29 is 4.79 Å². The van der Waals surface area contributed by atoms with E-state index in [1.165, 1.54) is 16.7 Å². The number of carbonyl (C=O) groups is 1. The van der Waals surface area contributed by atoms with E-state index in [0.29, 0.717) is 13.0 Å². The Labute approximate surface area is 142 Å². The van der Waals surface area contributed by atoms with E-state index in [1.807, 2.05) is 0 Å². The highest BCUT2D eigenvalue weighted by molar-refractivity contribution is 5.75. The monoisotopic (exact) mass is 328 g/mol. The van der Waals surface area contributed by atoms with Gasteiger partial charge in [-0.3, -0.25) is 4.79 Å². The van der Waals surface area contributed by atoms with Crippen LogP contribution in [0, 0.1) is 0 Å². The van der Waals surface area contributed by atoms with E-state index in [2.05, 4.69) is 50.9 Å². The van der Waals surface area contributed by atoms with E-state index in [-0.39, 0.29) is 5.91 Å². The highest BCUT2D eigenvalue weighted by Crippen LogP contribution is 2.24. The zero-order valence-corrected chi connectivity index (χ0v) is 14.3. The molecular formula is C17H24N6O. The molecule has 0 atom stereocenters. The maximum absolute atomic E-state index is 11.3. The molecule has 0 saturated heterocycles. The van der Waals surface area contributed by atoms with Crippen molar-refractivity contribution in [3.63, 3.8) is 0 Å². The van der Waals surface area contributed by atoms with Crippen LogP contribution in [0.2, 0.25) is 0 Å². The van der Waals surface area contributed by atoms with Crippen LogP contribution in [0.1, 0.15) is 36.5 Å². The van der Waals surface area contributed by atoms with E-state index in [0.717, 1.165) is 38.3 Å². The van der Waals surface area contributed by atoms with Crippen LogP contribution in [0.4, 0.5) is 5.95 Å². The first-order valence-electron chi connectivity index (χ1n) is 8.53. The highest BCUT2D eigenvalue weighted by Gasteiger charge is 2.21. The summed E-state index contributed by atoms with van der Waals surface area (Å²) in [4.78, 5) is 13.6. The molecule has 0 radical (unpaired) electrons. The Hall–Kier alpha value is -2.44. The number of aryl methyl sites for hydroxylation is 2. The second-order valence-electron chi connectivity index (χ2n) is 6.11. The lowest BCUT2D eigenvalue weighted by atomic mass is 9.97. The van der Waals surface area contributed by atoms with Crippen LogP contribution in [-0.4, -0.2) is 39.7 Å². The molecule has 1 aliphatic heterocycles. The molecule has 1 N–H and O–H groups in total. The molecule has 1 aliphatic rings. The summed E-state index contributed by atoms with van der Waals surface area (Å²) in [5.41, 5.74) is 4.17. The van der Waals surface area contributed by atoms with Gasteiger partial charge >= 0.3 is 0 Å². The second-order valence-corrected chi connectivity index (χ2v) is 6.11. The van der Waals surface area contributed by atoms with Crippen molar-refractivity contribution in [2.75, 3.05) is 18.5 Å². The van der Waals surface area contributed by atoms with Gasteiger partial charge in [0.25, 0.3) is 0 Å². The minimum absolute atomic E-state index is 0.0447. The number of rotatable bonds is 6.